The lowest BCUT2D eigenvalue weighted by Gasteiger charge is -2.49. The van der Waals surface area contributed by atoms with Crippen LogP contribution >= 0.6 is 0 Å². The minimum Gasteiger partial charge on any atom is -0.459 e. The quantitative estimate of drug-likeness (QED) is 0.238. The molecule has 3 rings (SSSR count). The SMILES string of the molecule is CC[C@H]1OC(=O)[C@H](C)[C@@H](O[C@@H]2C[C@](C)(OC)[C@H](O)[C@@H](C)O2)[C@H](C)[C@@H](O[C@@H]2O[C@H](C)C[C@H](N(C)C)[C@H]2O)[C@@](C)(O)C[C@@H](C)C(=O)[C@H](C)[C@@H](O)[C@]1(C)O. The first-order valence-corrected chi connectivity index (χ1v) is 18.5. The fourth-order valence-electron chi connectivity index (χ4n) is 8.41. The van der Waals surface area contributed by atoms with Gasteiger partial charge < -0.3 is 58.9 Å². The van der Waals surface area contributed by atoms with Crippen molar-refractivity contribution in [3.05, 3.63) is 0 Å². The number of carbonyl (C=O) groups is 2. The molecule has 51 heavy (non-hydrogen) atoms. The Hall–Kier alpha value is -1.30. The van der Waals surface area contributed by atoms with E-state index in [4.69, 9.17) is 28.4 Å². The van der Waals surface area contributed by atoms with Crippen LogP contribution in [0, 0.1) is 23.7 Å². The highest BCUT2D eigenvalue weighted by atomic mass is 16.7. The number of hydrogen-bond donors (Lipinski definition) is 5. The van der Waals surface area contributed by atoms with Crippen molar-refractivity contribution >= 4 is 11.8 Å². The molecule has 3 saturated heterocycles. The molecule has 14 nitrogen and oxygen atoms in total. The number of ketones is 1. The monoisotopic (exact) mass is 733 g/mol. The highest BCUT2D eigenvalue weighted by Gasteiger charge is 2.53. The predicted octanol–water partition coefficient (Wildman–Crippen LogP) is 1.79. The summed E-state index contributed by atoms with van der Waals surface area (Å²) in [5.74, 6) is -4.98. The molecule has 0 radical (unpaired) electrons. The zero-order chi connectivity index (χ0) is 39.0. The van der Waals surface area contributed by atoms with Gasteiger partial charge in [-0.05, 0) is 74.9 Å². The molecule has 3 aliphatic heterocycles. The molecule has 0 unspecified atom stereocenters. The van der Waals surface area contributed by atoms with Gasteiger partial charge in [-0.15, -0.1) is 0 Å². The second-order valence-electron chi connectivity index (χ2n) is 16.5. The predicted molar refractivity (Wildman–Crippen MR) is 186 cm³/mol. The Morgan fingerprint density at radius 2 is 1.49 bits per heavy atom. The lowest BCUT2D eigenvalue weighted by molar-refractivity contribution is -0.318. The van der Waals surface area contributed by atoms with Crippen LogP contribution in [0.5, 0.6) is 0 Å². The van der Waals surface area contributed by atoms with Crippen LogP contribution < -0.4 is 0 Å². The van der Waals surface area contributed by atoms with Crippen molar-refractivity contribution < 1.29 is 63.5 Å². The third kappa shape index (κ3) is 9.51. The summed E-state index contributed by atoms with van der Waals surface area (Å²) in [6, 6.07) is -0.324. The van der Waals surface area contributed by atoms with Crippen molar-refractivity contribution in [3.8, 4) is 0 Å². The lowest BCUT2D eigenvalue weighted by atomic mass is 9.74. The summed E-state index contributed by atoms with van der Waals surface area (Å²) in [7, 11) is 5.18. The first kappa shape index (κ1) is 44.1. The van der Waals surface area contributed by atoms with E-state index < -0.39 is 108 Å². The minimum absolute atomic E-state index is 0.0936. The van der Waals surface area contributed by atoms with E-state index in [0.29, 0.717) is 6.42 Å². The molecule has 0 bridgehead atoms. The fraction of sp³-hybridized carbons (Fsp3) is 0.946. The molecule has 0 aromatic rings. The van der Waals surface area contributed by atoms with Gasteiger partial charge in [-0.2, -0.15) is 0 Å². The summed E-state index contributed by atoms with van der Waals surface area (Å²) in [6.07, 6.45) is -9.71. The molecule has 0 spiro atoms. The van der Waals surface area contributed by atoms with Crippen LogP contribution in [0.1, 0.15) is 94.9 Å². The van der Waals surface area contributed by atoms with E-state index in [2.05, 4.69) is 0 Å². The van der Waals surface area contributed by atoms with Crippen molar-refractivity contribution in [2.45, 2.75) is 179 Å². The van der Waals surface area contributed by atoms with Gasteiger partial charge in [0.25, 0.3) is 0 Å². The van der Waals surface area contributed by atoms with E-state index in [1.807, 2.05) is 25.9 Å². The number of nitrogens with zero attached hydrogens (tertiary/aromatic N) is 1. The van der Waals surface area contributed by atoms with Gasteiger partial charge in [-0.1, -0.05) is 27.7 Å². The van der Waals surface area contributed by atoms with Crippen molar-refractivity contribution in [1.82, 2.24) is 4.90 Å². The van der Waals surface area contributed by atoms with Gasteiger partial charge in [0.1, 0.15) is 29.7 Å². The summed E-state index contributed by atoms with van der Waals surface area (Å²) in [5, 5.41) is 57.6. The Balaban J connectivity index is 2.18. The molecule has 3 fully saturated rings. The average molecular weight is 734 g/mol. The van der Waals surface area contributed by atoms with E-state index in [1.165, 1.54) is 27.9 Å². The first-order valence-electron chi connectivity index (χ1n) is 18.5. The van der Waals surface area contributed by atoms with Crippen molar-refractivity contribution in [2.75, 3.05) is 21.2 Å². The maximum Gasteiger partial charge on any atom is 0.311 e. The number of aliphatic hydroxyl groups is 5. The highest BCUT2D eigenvalue weighted by molar-refractivity contribution is 5.83. The van der Waals surface area contributed by atoms with Crippen LogP contribution in [0.4, 0.5) is 0 Å². The maximum absolute atomic E-state index is 14.1. The number of esters is 1. The minimum atomic E-state index is -1.99. The standard InChI is InChI=1S/C37H67NO13/c1-14-25-37(10,45)30(41)20(4)27(39)18(2)16-35(8,44)32(51-34-28(40)24(38(11)12)15-19(3)47-34)21(5)29(22(6)33(43)49-25)50-26-17-36(9,46-13)31(42)23(7)48-26/h18-26,28-32,34,40-42,44-45H,14-17H2,1-13H3/t18-,19-,20+,21+,22-,23-,24+,25-,26-,28-,29+,30-,31-,32-,34+,35+,36+,37-/m1/s1. The van der Waals surface area contributed by atoms with Gasteiger partial charge >= 0.3 is 5.97 Å². The lowest BCUT2D eigenvalue weighted by Crippen LogP contribution is -2.61. The molecule has 0 aliphatic carbocycles. The fourth-order valence-corrected chi connectivity index (χ4v) is 8.41. The van der Waals surface area contributed by atoms with Crippen LogP contribution in [0.15, 0.2) is 0 Å². The Labute approximate surface area is 304 Å². The van der Waals surface area contributed by atoms with Gasteiger partial charge in [0, 0.05) is 37.3 Å². The van der Waals surface area contributed by atoms with Gasteiger partial charge in [0.2, 0.25) is 0 Å². The Kier molecular flexibility index (Phi) is 14.7. The maximum atomic E-state index is 14.1. The van der Waals surface area contributed by atoms with E-state index in [9.17, 15) is 35.1 Å². The normalized spacial score (nSPS) is 49.7. The number of ether oxygens (including phenoxy) is 6. The molecule has 0 amide bonds. The molecule has 298 valence electrons. The Morgan fingerprint density at radius 1 is 0.882 bits per heavy atom. The second-order valence-corrected chi connectivity index (χ2v) is 16.5. The van der Waals surface area contributed by atoms with Crippen molar-refractivity contribution in [3.63, 3.8) is 0 Å². The molecular formula is C37H67NO13. The summed E-state index contributed by atoms with van der Waals surface area (Å²) < 4.78 is 37.1. The average Bonchev–Trinajstić information content (AvgIpc) is 3.05. The van der Waals surface area contributed by atoms with E-state index in [1.54, 1.807) is 41.5 Å². The zero-order valence-electron chi connectivity index (χ0n) is 32.9. The zero-order valence-corrected chi connectivity index (χ0v) is 32.9. The number of hydrogen-bond acceptors (Lipinski definition) is 14. The highest BCUT2D eigenvalue weighted by Crippen LogP contribution is 2.40. The van der Waals surface area contributed by atoms with Gasteiger partial charge in [0.15, 0.2) is 12.6 Å². The summed E-state index contributed by atoms with van der Waals surface area (Å²) >= 11 is 0. The molecule has 3 heterocycles. The first-order chi connectivity index (χ1) is 23.4. The van der Waals surface area contributed by atoms with Crippen LogP contribution in [0.3, 0.4) is 0 Å². The number of rotatable bonds is 7. The number of Topliss-reactive ketones (excluding diaryl/α,β-unsaturated/α-hetero) is 1. The summed E-state index contributed by atoms with van der Waals surface area (Å²) in [4.78, 5) is 29.8. The van der Waals surface area contributed by atoms with Crippen molar-refractivity contribution in [2.24, 2.45) is 23.7 Å². The van der Waals surface area contributed by atoms with Gasteiger partial charge in [-0.25, -0.2) is 0 Å². The number of carbonyl (C=O) groups excluding carboxylic acids is 2. The second kappa shape index (κ2) is 17.0. The third-order valence-corrected chi connectivity index (χ3v) is 11.8. The van der Waals surface area contributed by atoms with E-state index in [0.717, 1.165) is 0 Å². The van der Waals surface area contributed by atoms with Crippen molar-refractivity contribution in [1.29, 1.82) is 0 Å². The number of cyclic esters (lactones) is 1. The third-order valence-electron chi connectivity index (χ3n) is 11.8. The number of methoxy groups -OCH3 is 1. The molecule has 14 heteroatoms. The largest absolute Gasteiger partial charge is 0.459 e. The van der Waals surface area contributed by atoms with Crippen LogP contribution in [-0.4, -0.2) is 148 Å². The molecule has 5 N–H and O–H groups in total. The van der Waals surface area contributed by atoms with Crippen LogP contribution in [-0.2, 0) is 38.0 Å². The van der Waals surface area contributed by atoms with Gasteiger partial charge in [0.05, 0.1) is 47.6 Å². The summed E-state index contributed by atoms with van der Waals surface area (Å²) in [5.41, 5.74) is -4.84. The van der Waals surface area contributed by atoms with Crippen LogP contribution in [0.2, 0.25) is 0 Å². The molecule has 3 aliphatic rings. The smallest absolute Gasteiger partial charge is 0.311 e. The number of aliphatic hydroxyl groups excluding tert-OH is 3. The van der Waals surface area contributed by atoms with E-state index in [-0.39, 0.29) is 31.4 Å². The topological polar surface area (TPSA) is 194 Å². The molecule has 0 aromatic carbocycles. The Bertz CT molecular complexity index is 1170. The van der Waals surface area contributed by atoms with Crippen LogP contribution in [0.25, 0.3) is 0 Å². The number of likely N-dealkylation sites (N-methyl/N-ethyl adjacent to an activating group) is 1. The molecular weight excluding hydrogens is 666 g/mol. The molecule has 0 aromatic heterocycles. The summed E-state index contributed by atoms with van der Waals surface area (Å²) in [6.45, 7) is 16.3. The Morgan fingerprint density at radius 3 is 2.04 bits per heavy atom. The molecule has 18 atom stereocenters. The molecule has 0 saturated carbocycles. The van der Waals surface area contributed by atoms with Gasteiger partial charge in [-0.3, -0.25) is 9.59 Å². The van der Waals surface area contributed by atoms with E-state index >= 15 is 0 Å².